The van der Waals surface area contributed by atoms with Gasteiger partial charge in [0.05, 0.1) is 5.03 Å². The maximum atomic E-state index is 5.50. The van der Waals surface area contributed by atoms with E-state index in [1.54, 1.807) is 11.8 Å². The van der Waals surface area contributed by atoms with E-state index in [0.29, 0.717) is 5.92 Å². The molecule has 0 aliphatic heterocycles. The third kappa shape index (κ3) is 3.24. The molecule has 0 spiro atoms. The molecule has 1 unspecified atom stereocenters. The van der Waals surface area contributed by atoms with Crippen LogP contribution in [0.4, 0.5) is 0 Å². The largest absolute Gasteiger partial charge is 0.330 e. The predicted molar refractivity (Wildman–Crippen MR) is 53.2 cm³/mol. The van der Waals surface area contributed by atoms with Gasteiger partial charge in [-0.2, -0.15) is 0 Å². The molecule has 2 nitrogen and oxygen atoms in total. The van der Waals surface area contributed by atoms with Crippen molar-refractivity contribution in [2.24, 2.45) is 11.7 Å². The fourth-order valence-electron chi connectivity index (χ4n) is 0.728. The van der Waals surface area contributed by atoms with E-state index < -0.39 is 0 Å². The van der Waals surface area contributed by atoms with Gasteiger partial charge < -0.3 is 5.73 Å². The number of hydrogen-bond donors (Lipinski definition) is 1. The Morgan fingerprint density at radius 2 is 2.42 bits per heavy atom. The standard InChI is InChI=1S/C9H14N2S/c1-8(6-10)7-12-9-4-2-3-5-11-9/h2-5,8H,6-7,10H2,1H3. The maximum Gasteiger partial charge on any atom is 0.0959 e. The van der Waals surface area contributed by atoms with Gasteiger partial charge in [-0.15, -0.1) is 11.8 Å². The second-order valence-electron chi connectivity index (χ2n) is 2.82. The van der Waals surface area contributed by atoms with Gasteiger partial charge in [0.25, 0.3) is 0 Å². The number of rotatable bonds is 4. The average Bonchev–Trinajstić information content (AvgIpc) is 2.16. The van der Waals surface area contributed by atoms with Crippen molar-refractivity contribution in [3.63, 3.8) is 0 Å². The van der Waals surface area contributed by atoms with Crippen molar-refractivity contribution in [2.45, 2.75) is 11.9 Å². The molecule has 3 heteroatoms. The third-order valence-corrected chi connectivity index (χ3v) is 2.83. The zero-order valence-electron chi connectivity index (χ0n) is 7.23. The molecule has 0 fully saturated rings. The Hall–Kier alpha value is -0.540. The molecule has 0 amide bonds. The van der Waals surface area contributed by atoms with Crippen molar-refractivity contribution in [3.8, 4) is 0 Å². The number of hydrogen-bond acceptors (Lipinski definition) is 3. The summed E-state index contributed by atoms with van der Waals surface area (Å²) in [6.45, 7) is 2.90. The van der Waals surface area contributed by atoms with Crippen LogP contribution in [0.5, 0.6) is 0 Å². The van der Waals surface area contributed by atoms with Crippen LogP contribution in [0.3, 0.4) is 0 Å². The highest BCUT2D eigenvalue weighted by Crippen LogP contribution is 2.16. The molecule has 2 N–H and O–H groups in total. The Kier molecular flexibility index (Phi) is 4.11. The predicted octanol–water partition coefficient (Wildman–Crippen LogP) is 1.77. The van der Waals surface area contributed by atoms with Gasteiger partial charge in [-0.05, 0) is 24.6 Å². The molecule has 0 aliphatic carbocycles. The zero-order valence-corrected chi connectivity index (χ0v) is 8.05. The van der Waals surface area contributed by atoms with Crippen molar-refractivity contribution in [1.29, 1.82) is 0 Å². The van der Waals surface area contributed by atoms with Crippen molar-refractivity contribution >= 4 is 11.8 Å². The first-order chi connectivity index (χ1) is 5.83. The monoisotopic (exact) mass is 182 g/mol. The van der Waals surface area contributed by atoms with Crippen LogP contribution in [0.15, 0.2) is 29.4 Å². The Bertz CT molecular complexity index is 213. The number of aromatic nitrogens is 1. The molecule has 0 saturated carbocycles. The molecule has 1 aromatic heterocycles. The molecular weight excluding hydrogens is 168 g/mol. The summed E-state index contributed by atoms with van der Waals surface area (Å²) in [5, 5.41) is 1.08. The van der Waals surface area contributed by atoms with Gasteiger partial charge in [-0.1, -0.05) is 13.0 Å². The second-order valence-corrected chi connectivity index (χ2v) is 3.86. The molecule has 1 aromatic rings. The molecule has 0 saturated heterocycles. The molecule has 0 radical (unpaired) electrons. The lowest BCUT2D eigenvalue weighted by molar-refractivity contribution is 0.675. The Balaban J connectivity index is 2.33. The second kappa shape index (κ2) is 5.17. The first-order valence-corrected chi connectivity index (χ1v) is 5.05. The molecule has 66 valence electrons. The summed E-state index contributed by atoms with van der Waals surface area (Å²) in [4.78, 5) is 4.21. The van der Waals surface area contributed by atoms with Crippen LogP contribution in [0.1, 0.15) is 6.92 Å². The minimum Gasteiger partial charge on any atom is -0.330 e. The van der Waals surface area contributed by atoms with E-state index in [1.165, 1.54) is 0 Å². The number of thioether (sulfide) groups is 1. The lowest BCUT2D eigenvalue weighted by atomic mass is 10.2. The van der Waals surface area contributed by atoms with E-state index in [-0.39, 0.29) is 0 Å². The fourth-order valence-corrected chi connectivity index (χ4v) is 1.63. The van der Waals surface area contributed by atoms with Gasteiger partial charge >= 0.3 is 0 Å². The topological polar surface area (TPSA) is 38.9 Å². The van der Waals surface area contributed by atoms with Crippen LogP contribution >= 0.6 is 11.8 Å². The minimum absolute atomic E-state index is 0.567. The Morgan fingerprint density at radius 3 is 3.00 bits per heavy atom. The van der Waals surface area contributed by atoms with E-state index in [0.717, 1.165) is 17.3 Å². The first kappa shape index (κ1) is 9.55. The van der Waals surface area contributed by atoms with E-state index in [9.17, 15) is 0 Å². The lowest BCUT2D eigenvalue weighted by Gasteiger charge is -2.05. The zero-order chi connectivity index (χ0) is 8.81. The van der Waals surface area contributed by atoms with Crippen LogP contribution in [-0.2, 0) is 0 Å². The summed E-state index contributed by atoms with van der Waals surface area (Å²) < 4.78 is 0. The molecule has 1 atom stereocenters. The van der Waals surface area contributed by atoms with Crippen LogP contribution in [-0.4, -0.2) is 17.3 Å². The van der Waals surface area contributed by atoms with Gasteiger partial charge in [0.1, 0.15) is 0 Å². The minimum atomic E-state index is 0.567. The van der Waals surface area contributed by atoms with E-state index in [1.807, 2.05) is 24.4 Å². The summed E-state index contributed by atoms with van der Waals surface area (Å²) in [6, 6.07) is 5.95. The normalized spacial score (nSPS) is 12.8. The van der Waals surface area contributed by atoms with Gasteiger partial charge in [0, 0.05) is 11.9 Å². The van der Waals surface area contributed by atoms with Gasteiger partial charge in [-0.25, -0.2) is 4.98 Å². The Labute approximate surface area is 77.6 Å². The van der Waals surface area contributed by atoms with E-state index in [2.05, 4.69) is 11.9 Å². The summed E-state index contributed by atoms with van der Waals surface area (Å²) >= 11 is 1.76. The summed E-state index contributed by atoms with van der Waals surface area (Å²) in [7, 11) is 0. The van der Waals surface area contributed by atoms with Crippen LogP contribution in [0.2, 0.25) is 0 Å². The van der Waals surface area contributed by atoms with E-state index in [4.69, 9.17) is 5.73 Å². The van der Waals surface area contributed by atoms with Crippen molar-refractivity contribution in [1.82, 2.24) is 4.98 Å². The third-order valence-electron chi connectivity index (χ3n) is 1.56. The van der Waals surface area contributed by atoms with Crippen molar-refractivity contribution < 1.29 is 0 Å². The summed E-state index contributed by atoms with van der Waals surface area (Å²) in [5.41, 5.74) is 5.50. The van der Waals surface area contributed by atoms with Crippen molar-refractivity contribution in [2.75, 3.05) is 12.3 Å². The van der Waals surface area contributed by atoms with Crippen molar-refractivity contribution in [3.05, 3.63) is 24.4 Å². The van der Waals surface area contributed by atoms with Gasteiger partial charge in [0.15, 0.2) is 0 Å². The fraction of sp³-hybridized carbons (Fsp3) is 0.444. The Morgan fingerprint density at radius 1 is 1.58 bits per heavy atom. The molecule has 1 rings (SSSR count). The average molecular weight is 182 g/mol. The van der Waals surface area contributed by atoms with Crippen LogP contribution < -0.4 is 5.73 Å². The lowest BCUT2D eigenvalue weighted by Crippen LogP contribution is -2.12. The van der Waals surface area contributed by atoms with Crippen LogP contribution in [0.25, 0.3) is 0 Å². The molecule has 0 aromatic carbocycles. The number of nitrogens with zero attached hydrogens (tertiary/aromatic N) is 1. The number of nitrogens with two attached hydrogens (primary N) is 1. The highest BCUT2D eigenvalue weighted by molar-refractivity contribution is 7.99. The maximum absolute atomic E-state index is 5.50. The molecule has 0 bridgehead atoms. The van der Waals surface area contributed by atoms with Gasteiger partial charge in [-0.3, -0.25) is 0 Å². The van der Waals surface area contributed by atoms with Gasteiger partial charge in [0.2, 0.25) is 0 Å². The smallest absolute Gasteiger partial charge is 0.0959 e. The van der Waals surface area contributed by atoms with Crippen LogP contribution in [0, 0.1) is 5.92 Å². The number of pyridine rings is 1. The quantitative estimate of drug-likeness (QED) is 0.721. The SMILES string of the molecule is CC(CN)CSc1ccccn1. The van der Waals surface area contributed by atoms with E-state index >= 15 is 0 Å². The highest BCUT2D eigenvalue weighted by atomic mass is 32.2. The molecule has 0 aliphatic rings. The molecular formula is C9H14N2S. The summed E-state index contributed by atoms with van der Waals surface area (Å²) in [6.07, 6.45) is 1.81. The summed E-state index contributed by atoms with van der Waals surface area (Å²) in [5.74, 6) is 1.62. The molecule has 1 heterocycles. The highest BCUT2D eigenvalue weighted by Gasteiger charge is 2.00. The molecule has 12 heavy (non-hydrogen) atoms. The first-order valence-electron chi connectivity index (χ1n) is 4.07.